The molecule has 0 fully saturated rings. The average molecular weight is 318 g/mol. The molecule has 0 bridgehead atoms. The van der Waals surface area contributed by atoms with E-state index in [0.717, 1.165) is 16.8 Å². The lowest BCUT2D eigenvalue weighted by Gasteiger charge is -2.06. The Morgan fingerprint density at radius 3 is 2.73 bits per heavy atom. The minimum absolute atomic E-state index is 0.0825. The summed E-state index contributed by atoms with van der Waals surface area (Å²) in [7, 11) is 0. The van der Waals surface area contributed by atoms with Gasteiger partial charge >= 0.3 is 0 Å². The predicted octanol–water partition coefficient (Wildman–Crippen LogP) is 2.49. The van der Waals surface area contributed by atoms with Crippen molar-refractivity contribution in [2.75, 3.05) is 6.61 Å². The number of nitrogens with one attached hydrogen (secondary N) is 1. The third kappa shape index (κ3) is 2.23. The van der Waals surface area contributed by atoms with E-state index in [0.29, 0.717) is 28.3 Å². The van der Waals surface area contributed by atoms with Crippen LogP contribution in [0.3, 0.4) is 0 Å². The minimum atomic E-state index is -0.182. The van der Waals surface area contributed by atoms with E-state index in [-0.39, 0.29) is 12.2 Å². The van der Waals surface area contributed by atoms with Crippen molar-refractivity contribution in [3.63, 3.8) is 0 Å². The average Bonchev–Trinajstić information content (AvgIpc) is 2.81. The number of aromatic amines is 1. The molecule has 1 aromatic carbocycles. The van der Waals surface area contributed by atoms with Crippen LogP contribution >= 0.6 is 11.6 Å². The molecule has 3 rings (SSSR count). The summed E-state index contributed by atoms with van der Waals surface area (Å²) in [6, 6.07) is 7.47. The molecular weight excluding hydrogens is 302 g/mol. The van der Waals surface area contributed by atoms with Crippen LogP contribution in [-0.4, -0.2) is 26.3 Å². The van der Waals surface area contributed by atoms with Gasteiger partial charge in [-0.3, -0.25) is 9.89 Å². The Balaban J connectivity index is 2.37. The standard InChI is InChI=1S/C16H16ClN3O2/c1-9-11(7-8-21)16(22)20-15(18-9)14(10(2)19-20)12-5-3-4-6-13(12)17/h3-6,19,21H,7-8H2,1-2H3. The largest absolute Gasteiger partial charge is 0.396 e. The highest BCUT2D eigenvalue weighted by atomic mass is 35.5. The van der Waals surface area contributed by atoms with Gasteiger partial charge in [-0.1, -0.05) is 29.8 Å². The summed E-state index contributed by atoms with van der Waals surface area (Å²) in [4.78, 5) is 17.1. The molecule has 0 amide bonds. The monoisotopic (exact) mass is 317 g/mol. The lowest BCUT2D eigenvalue weighted by atomic mass is 10.1. The summed E-state index contributed by atoms with van der Waals surface area (Å²) in [6.45, 7) is 3.58. The number of benzene rings is 1. The third-order valence-electron chi connectivity index (χ3n) is 3.77. The first-order chi connectivity index (χ1) is 10.5. The van der Waals surface area contributed by atoms with E-state index in [1.54, 1.807) is 6.92 Å². The third-order valence-corrected chi connectivity index (χ3v) is 4.10. The Morgan fingerprint density at radius 2 is 2.05 bits per heavy atom. The van der Waals surface area contributed by atoms with Crippen LogP contribution in [0.4, 0.5) is 0 Å². The van der Waals surface area contributed by atoms with Crippen molar-refractivity contribution in [3.05, 3.63) is 56.6 Å². The molecule has 0 spiro atoms. The Kier molecular flexibility index (Phi) is 3.76. The number of hydrogen-bond acceptors (Lipinski definition) is 3. The second-order valence-electron chi connectivity index (χ2n) is 5.21. The van der Waals surface area contributed by atoms with Crippen LogP contribution in [-0.2, 0) is 6.42 Å². The molecule has 0 aliphatic rings. The highest BCUT2D eigenvalue weighted by molar-refractivity contribution is 6.33. The number of fused-ring (bicyclic) bond motifs is 1. The molecule has 0 aliphatic heterocycles. The first kappa shape index (κ1) is 14.8. The maximum Gasteiger partial charge on any atom is 0.276 e. The second kappa shape index (κ2) is 5.59. The topological polar surface area (TPSA) is 70.4 Å². The highest BCUT2D eigenvalue weighted by Gasteiger charge is 2.18. The minimum Gasteiger partial charge on any atom is -0.396 e. The van der Waals surface area contributed by atoms with Gasteiger partial charge < -0.3 is 5.11 Å². The van der Waals surface area contributed by atoms with Crippen molar-refractivity contribution in [2.24, 2.45) is 0 Å². The number of nitrogens with zero attached hydrogens (tertiary/aromatic N) is 2. The molecule has 114 valence electrons. The van der Waals surface area contributed by atoms with E-state index in [9.17, 15) is 4.79 Å². The lowest BCUT2D eigenvalue weighted by Crippen LogP contribution is -2.22. The number of halogens is 1. The van der Waals surface area contributed by atoms with Gasteiger partial charge in [0, 0.05) is 46.1 Å². The number of H-pyrrole nitrogens is 1. The van der Waals surface area contributed by atoms with Crippen LogP contribution < -0.4 is 5.56 Å². The molecule has 0 saturated carbocycles. The van der Waals surface area contributed by atoms with Gasteiger partial charge in [0.25, 0.3) is 5.56 Å². The maximum atomic E-state index is 12.6. The Bertz CT molecular complexity index is 912. The number of aryl methyl sites for hydroxylation is 2. The summed E-state index contributed by atoms with van der Waals surface area (Å²) in [5.74, 6) is 0. The van der Waals surface area contributed by atoms with Crippen LogP contribution in [0.15, 0.2) is 29.1 Å². The van der Waals surface area contributed by atoms with Crippen molar-refractivity contribution >= 4 is 17.2 Å². The van der Waals surface area contributed by atoms with Crippen molar-refractivity contribution in [1.82, 2.24) is 14.6 Å². The summed E-state index contributed by atoms with van der Waals surface area (Å²) < 4.78 is 1.42. The smallest absolute Gasteiger partial charge is 0.276 e. The number of aromatic nitrogens is 3. The van der Waals surface area contributed by atoms with Gasteiger partial charge in [0.1, 0.15) is 0 Å². The molecule has 0 aliphatic carbocycles. The Labute approximate surface area is 132 Å². The predicted molar refractivity (Wildman–Crippen MR) is 86.5 cm³/mol. The van der Waals surface area contributed by atoms with Gasteiger partial charge in [-0.25, -0.2) is 9.50 Å². The molecular formula is C16H16ClN3O2. The van der Waals surface area contributed by atoms with E-state index in [1.807, 2.05) is 31.2 Å². The van der Waals surface area contributed by atoms with Crippen LogP contribution in [0.2, 0.25) is 5.02 Å². The van der Waals surface area contributed by atoms with Crippen LogP contribution in [0, 0.1) is 13.8 Å². The summed E-state index contributed by atoms with van der Waals surface area (Å²) >= 11 is 6.29. The van der Waals surface area contributed by atoms with Crippen molar-refractivity contribution in [1.29, 1.82) is 0 Å². The van der Waals surface area contributed by atoms with Gasteiger partial charge in [0.2, 0.25) is 0 Å². The molecule has 0 saturated heterocycles. The lowest BCUT2D eigenvalue weighted by molar-refractivity contribution is 0.298. The molecule has 2 aromatic heterocycles. The Morgan fingerprint density at radius 1 is 1.32 bits per heavy atom. The highest BCUT2D eigenvalue weighted by Crippen LogP contribution is 2.32. The molecule has 0 radical (unpaired) electrons. The van der Waals surface area contributed by atoms with Gasteiger partial charge in [-0.2, -0.15) is 0 Å². The zero-order valence-corrected chi connectivity index (χ0v) is 13.1. The van der Waals surface area contributed by atoms with Crippen molar-refractivity contribution in [3.8, 4) is 11.1 Å². The van der Waals surface area contributed by atoms with Crippen LogP contribution in [0.5, 0.6) is 0 Å². The zero-order chi connectivity index (χ0) is 15.9. The van der Waals surface area contributed by atoms with Gasteiger partial charge in [0.05, 0.1) is 0 Å². The molecule has 22 heavy (non-hydrogen) atoms. The number of hydrogen-bond donors (Lipinski definition) is 2. The first-order valence-corrected chi connectivity index (χ1v) is 7.39. The molecule has 5 nitrogen and oxygen atoms in total. The van der Waals surface area contributed by atoms with Crippen LogP contribution in [0.1, 0.15) is 17.0 Å². The maximum absolute atomic E-state index is 12.6. The first-order valence-electron chi connectivity index (χ1n) is 7.01. The van der Waals surface area contributed by atoms with Crippen molar-refractivity contribution < 1.29 is 5.11 Å². The van der Waals surface area contributed by atoms with E-state index in [4.69, 9.17) is 16.7 Å². The molecule has 0 unspecified atom stereocenters. The Hall–Kier alpha value is -2.11. The van der Waals surface area contributed by atoms with Gasteiger partial charge in [0.15, 0.2) is 5.65 Å². The van der Waals surface area contributed by atoms with E-state index in [1.165, 1.54) is 4.52 Å². The van der Waals surface area contributed by atoms with E-state index >= 15 is 0 Å². The zero-order valence-electron chi connectivity index (χ0n) is 12.4. The van der Waals surface area contributed by atoms with Crippen LogP contribution in [0.25, 0.3) is 16.8 Å². The normalized spacial score (nSPS) is 11.3. The summed E-state index contributed by atoms with van der Waals surface area (Å²) in [6.07, 6.45) is 0.292. The number of rotatable bonds is 3. The fraction of sp³-hybridized carbons (Fsp3) is 0.250. The van der Waals surface area contributed by atoms with E-state index in [2.05, 4.69) is 10.1 Å². The fourth-order valence-corrected chi connectivity index (χ4v) is 2.94. The molecule has 0 atom stereocenters. The summed E-state index contributed by atoms with van der Waals surface area (Å²) in [5, 5.41) is 12.8. The number of aliphatic hydroxyl groups is 1. The molecule has 6 heteroatoms. The molecule has 2 heterocycles. The quantitative estimate of drug-likeness (QED) is 0.779. The van der Waals surface area contributed by atoms with Crippen molar-refractivity contribution in [2.45, 2.75) is 20.3 Å². The number of aliphatic hydroxyl groups excluding tert-OH is 1. The molecule has 3 aromatic rings. The molecule has 2 N–H and O–H groups in total. The fourth-order valence-electron chi connectivity index (χ4n) is 2.71. The summed E-state index contributed by atoms with van der Waals surface area (Å²) in [5.41, 5.74) is 3.99. The van der Waals surface area contributed by atoms with Gasteiger partial charge in [-0.05, 0) is 19.9 Å². The SMILES string of the molecule is Cc1nc2c(-c3ccccc3Cl)c(C)[nH]n2c(=O)c1CCO. The second-order valence-corrected chi connectivity index (χ2v) is 5.61. The van der Waals surface area contributed by atoms with Gasteiger partial charge in [-0.15, -0.1) is 0 Å². The van der Waals surface area contributed by atoms with E-state index < -0.39 is 0 Å².